The fourth-order valence-electron chi connectivity index (χ4n) is 9.54. The lowest BCUT2D eigenvalue weighted by atomic mass is 9.94. The zero-order chi connectivity index (χ0) is 42.1. The van der Waals surface area contributed by atoms with Crippen LogP contribution in [-0.2, 0) is 14.9 Å². The molecule has 4 saturated heterocycles. The number of terminal acetylenes is 1. The Balaban J connectivity index is 1.07. The smallest absolute Gasteiger partial charge is 0.410 e. The molecule has 2 aromatic heterocycles. The van der Waals surface area contributed by atoms with Gasteiger partial charge < -0.3 is 19.1 Å². The van der Waals surface area contributed by atoms with Crippen molar-refractivity contribution in [1.29, 1.82) is 0 Å². The highest BCUT2D eigenvalue weighted by molar-refractivity contribution is 7.85. The van der Waals surface area contributed by atoms with Crippen LogP contribution >= 0.6 is 0 Å². The summed E-state index contributed by atoms with van der Waals surface area (Å²) in [7, 11) is -4.41. The summed E-state index contributed by atoms with van der Waals surface area (Å²) in [5.41, 5.74) is -0.914. The maximum atomic E-state index is 17.2. The van der Waals surface area contributed by atoms with Crippen LogP contribution in [0.1, 0.15) is 58.4 Å². The minimum absolute atomic E-state index is 0.000449. The molecule has 312 valence electrons. The Morgan fingerprint density at radius 3 is 2.55 bits per heavy atom. The lowest BCUT2D eigenvalue weighted by molar-refractivity contribution is 0.0122. The number of carbonyl (C=O) groups is 1. The molecule has 3 aromatic carbocycles. The number of benzene rings is 3. The monoisotopic (exact) mass is 838 g/mol. The second-order valence-corrected chi connectivity index (χ2v) is 18.5. The van der Waals surface area contributed by atoms with Crippen molar-refractivity contribution in [3.8, 4) is 35.4 Å². The van der Waals surface area contributed by atoms with Crippen molar-refractivity contribution in [3.05, 3.63) is 78.0 Å². The van der Waals surface area contributed by atoms with Gasteiger partial charge in [-0.3, -0.25) is 19.3 Å². The summed E-state index contributed by atoms with van der Waals surface area (Å²) in [5, 5.41) is 1.33. The van der Waals surface area contributed by atoms with E-state index in [1.54, 1.807) is 30.3 Å². The van der Waals surface area contributed by atoms with Crippen molar-refractivity contribution in [2.24, 2.45) is 0 Å². The van der Waals surface area contributed by atoms with Gasteiger partial charge in [0.25, 0.3) is 10.1 Å². The molecule has 9 rings (SSSR count). The van der Waals surface area contributed by atoms with Gasteiger partial charge in [-0.1, -0.05) is 36.3 Å². The molecule has 4 aliphatic rings. The molecule has 0 saturated carbocycles. The minimum Gasteiger partial charge on any atom is -0.489 e. The van der Waals surface area contributed by atoms with Crippen LogP contribution in [0.3, 0.4) is 0 Å². The minimum atomic E-state index is -4.41. The topological polar surface area (TPSA) is 148 Å². The van der Waals surface area contributed by atoms with Crippen LogP contribution in [0.4, 0.5) is 19.4 Å². The molecule has 1 amide bonds. The van der Waals surface area contributed by atoms with Crippen molar-refractivity contribution >= 4 is 43.7 Å². The van der Waals surface area contributed by atoms with E-state index in [1.165, 1.54) is 30.5 Å². The van der Waals surface area contributed by atoms with E-state index in [9.17, 15) is 17.8 Å². The molecule has 1 N–H and O–H groups in total. The Morgan fingerprint density at radius 1 is 1.05 bits per heavy atom. The zero-order valence-corrected chi connectivity index (χ0v) is 34.2. The fourth-order valence-corrected chi connectivity index (χ4v) is 10.1. The molecule has 4 atom stereocenters. The lowest BCUT2D eigenvalue weighted by Crippen LogP contribution is -2.57. The van der Waals surface area contributed by atoms with Crippen molar-refractivity contribution in [1.82, 2.24) is 24.8 Å². The van der Waals surface area contributed by atoms with Crippen LogP contribution in [0.25, 0.3) is 32.9 Å². The Labute approximate surface area is 346 Å². The second-order valence-electron chi connectivity index (χ2n) is 17.1. The van der Waals surface area contributed by atoms with E-state index in [0.29, 0.717) is 59.3 Å². The largest absolute Gasteiger partial charge is 0.489 e. The van der Waals surface area contributed by atoms with Gasteiger partial charge in [-0.05, 0) is 76.6 Å². The van der Waals surface area contributed by atoms with E-state index in [4.69, 9.17) is 25.6 Å². The van der Waals surface area contributed by atoms with Crippen LogP contribution in [0, 0.1) is 24.0 Å². The van der Waals surface area contributed by atoms with Gasteiger partial charge in [0.1, 0.15) is 46.9 Å². The first kappa shape index (κ1) is 39.8. The van der Waals surface area contributed by atoms with Crippen molar-refractivity contribution in [3.63, 3.8) is 0 Å². The highest BCUT2D eigenvalue weighted by Gasteiger charge is 2.50. The number of fused-ring (bicyclic) bond motifs is 5. The van der Waals surface area contributed by atoms with Gasteiger partial charge in [-0.2, -0.15) is 18.4 Å². The Kier molecular flexibility index (Phi) is 9.84. The van der Waals surface area contributed by atoms with Gasteiger partial charge in [0, 0.05) is 49.3 Å². The van der Waals surface area contributed by atoms with E-state index in [0.717, 1.165) is 32.2 Å². The van der Waals surface area contributed by atoms with Crippen molar-refractivity contribution < 1.29 is 40.8 Å². The third kappa shape index (κ3) is 7.22. The first-order valence-corrected chi connectivity index (χ1v) is 21.5. The van der Waals surface area contributed by atoms with E-state index >= 15 is 8.78 Å². The molecule has 0 radical (unpaired) electrons. The Bertz CT molecular complexity index is 2690. The number of rotatable bonds is 8. The van der Waals surface area contributed by atoms with Gasteiger partial charge in [0.2, 0.25) is 0 Å². The summed E-state index contributed by atoms with van der Waals surface area (Å²) < 4.78 is 83.9. The third-order valence-electron chi connectivity index (χ3n) is 12.1. The summed E-state index contributed by atoms with van der Waals surface area (Å²) in [6.07, 6.45) is 10.4. The quantitative estimate of drug-likeness (QED) is 0.127. The Morgan fingerprint density at radius 2 is 1.82 bits per heavy atom. The number of pyridine rings is 1. The molecule has 4 fully saturated rings. The highest BCUT2D eigenvalue weighted by atomic mass is 32.2. The van der Waals surface area contributed by atoms with Gasteiger partial charge >= 0.3 is 12.1 Å². The average Bonchev–Trinajstić information content (AvgIpc) is 3.83. The molecule has 0 spiro atoms. The van der Waals surface area contributed by atoms with Gasteiger partial charge in [0.05, 0.1) is 33.5 Å². The number of piperazine rings is 1. The Hall–Kier alpha value is -5.63. The molecular weight excluding hydrogens is 795 g/mol. The number of amides is 1. The third-order valence-corrected chi connectivity index (χ3v) is 12.9. The van der Waals surface area contributed by atoms with E-state index in [2.05, 4.69) is 20.8 Å². The zero-order valence-electron chi connectivity index (χ0n) is 33.4. The van der Waals surface area contributed by atoms with Crippen LogP contribution in [0.2, 0.25) is 0 Å². The number of halogens is 2. The first-order valence-electron chi connectivity index (χ1n) is 20.0. The highest BCUT2D eigenvalue weighted by Crippen LogP contribution is 2.43. The predicted octanol–water partition coefficient (Wildman–Crippen LogP) is 7.00. The van der Waals surface area contributed by atoms with E-state index in [-0.39, 0.29) is 58.6 Å². The summed E-state index contributed by atoms with van der Waals surface area (Å²) in [6, 6.07) is 13.4. The van der Waals surface area contributed by atoms with Gasteiger partial charge in [0.15, 0.2) is 5.82 Å². The molecule has 5 aromatic rings. The molecule has 6 heterocycles. The number of nitrogens with zero attached hydrogens (tertiary/aromatic N) is 6. The number of ether oxygens (including phenoxy) is 3. The van der Waals surface area contributed by atoms with Crippen LogP contribution in [0.15, 0.2) is 65.7 Å². The van der Waals surface area contributed by atoms with Gasteiger partial charge in [-0.15, -0.1) is 6.42 Å². The number of carbonyl (C=O) groups excluding carboxylic acids is 1. The number of anilines is 1. The van der Waals surface area contributed by atoms with Crippen molar-refractivity contribution in [2.75, 3.05) is 37.7 Å². The van der Waals surface area contributed by atoms with Crippen LogP contribution in [0.5, 0.6) is 11.8 Å². The van der Waals surface area contributed by atoms with E-state index in [1.807, 2.05) is 30.6 Å². The molecular formula is C44H44F2N6O7S. The second kappa shape index (κ2) is 14.8. The van der Waals surface area contributed by atoms with E-state index < -0.39 is 32.9 Å². The van der Waals surface area contributed by atoms with Crippen LogP contribution < -0.4 is 14.4 Å². The van der Waals surface area contributed by atoms with Crippen molar-refractivity contribution in [2.45, 2.75) is 87.1 Å². The normalized spacial score (nSPS) is 22.9. The molecule has 60 heavy (non-hydrogen) atoms. The molecule has 2 bridgehead atoms. The number of hydrogen-bond acceptors (Lipinski definition) is 11. The average molecular weight is 839 g/mol. The molecule has 13 nitrogen and oxygen atoms in total. The molecule has 4 aliphatic heterocycles. The standard InChI is InChI=1S/C44H44F2N6O7S/c1-5-32-35(45)16-13-26-9-6-12-33(36(26)32)38-37(46)39-34(21-47-38)40(50-22-27-14-15-28(23-50)52(27)42(53)59-43(2,3)4)49-41(48-39)57-25-44-17-8-18-51(44)24-30(20-44)58-29-10-7-11-31(19-29)60(54,55)56/h1,6-7,9-13,16,19,21,27-28,30H,8,14-15,17-18,20,22-25H2,2-4H3,(H,54,55,56)/t27?,28?,30-,44-/m1/s1. The maximum Gasteiger partial charge on any atom is 0.410 e. The molecule has 0 aliphatic carbocycles. The predicted molar refractivity (Wildman–Crippen MR) is 220 cm³/mol. The summed E-state index contributed by atoms with van der Waals surface area (Å²) >= 11 is 0. The first-order chi connectivity index (χ1) is 28.6. The van der Waals surface area contributed by atoms with Crippen LogP contribution in [-0.4, -0.2) is 106 Å². The number of aromatic nitrogens is 3. The van der Waals surface area contributed by atoms with Gasteiger partial charge in [-0.25, -0.2) is 13.6 Å². The SMILES string of the molecule is C#Cc1c(F)ccc2cccc(-c3ncc4c(N5CC6CCC(C5)N6C(=O)OC(C)(C)C)nc(OC[C@]56CCCN5C[C@H](Oc5cccc(S(=O)(=O)O)c5)C6)nc4c3F)c12. The number of hydrogen-bond donors (Lipinski definition) is 1. The summed E-state index contributed by atoms with van der Waals surface area (Å²) in [6.45, 7) is 7.84. The summed E-state index contributed by atoms with van der Waals surface area (Å²) in [5.74, 6) is 1.80. The fraction of sp³-hybridized carbons (Fsp3) is 0.409. The lowest BCUT2D eigenvalue weighted by Gasteiger charge is -2.42. The summed E-state index contributed by atoms with van der Waals surface area (Å²) in [4.78, 5) is 33.4. The maximum absolute atomic E-state index is 17.2. The molecule has 16 heteroatoms. The molecule has 2 unspecified atom stereocenters.